The lowest BCUT2D eigenvalue weighted by molar-refractivity contribution is 0.1000. The van der Waals surface area contributed by atoms with Gasteiger partial charge in [0.15, 0.2) is 0 Å². The van der Waals surface area contributed by atoms with Gasteiger partial charge < -0.3 is 11.1 Å². The first-order chi connectivity index (χ1) is 9.49. The van der Waals surface area contributed by atoms with Crippen LogP contribution in [0.2, 0.25) is 0 Å². The van der Waals surface area contributed by atoms with E-state index < -0.39 is 5.91 Å². The Morgan fingerprint density at radius 1 is 1.25 bits per heavy atom. The summed E-state index contributed by atoms with van der Waals surface area (Å²) >= 11 is 3.53. The third-order valence-corrected chi connectivity index (χ3v) is 4.17. The average molecular weight is 333 g/mol. The Morgan fingerprint density at radius 3 is 2.65 bits per heavy atom. The number of halogens is 1. The van der Waals surface area contributed by atoms with E-state index in [2.05, 4.69) is 46.4 Å². The number of aryl methyl sites for hydroxylation is 1. The van der Waals surface area contributed by atoms with Crippen LogP contribution in [0.1, 0.15) is 27.0 Å². The van der Waals surface area contributed by atoms with Gasteiger partial charge >= 0.3 is 0 Å². The van der Waals surface area contributed by atoms with E-state index in [0.29, 0.717) is 12.1 Å². The molecule has 0 unspecified atom stereocenters. The first-order valence-corrected chi connectivity index (χ1v) is 7.16. The van der Waals surface area contributed by atoms with Crippen molar-refractivity contribution in [3.63, 3.8) is 0 Å². The maximum Gasteiger partial charge on any atom is 0.249 e. The molecule has 2 aromatic rings. The fraction of sp³-hybridized carbons (Fsp3) is 0.188. The minimum Gasteiger partial charge on any atom is -0.381 e. The summed E-state index contributed by atoms with van der Waals surface area (Å²) in [4.78, 5) is 11.3. The number of nitrogens with one attached hydrogen (secondary N) is 1. The van der Waals surface area contributed by atoms with E-state index in [1.807, 2.05) is 19.1 Å². The van der Waals surface area contributed by atoms with E-state index in [1.165, 1.54) is 11.1 Å². The van der Waals surface area contributed by atoms with Crippen LogP contribution in [0.5, 0.6) is 0 Å². The molecule has 0 heterocycles. The zero-order valence-corrected chi connectivity index (χ0v) is 13.1. The number of rotatable bonds is 4. The summed E-state index contributed by atoms with van der Waals surface area (Å²) in [6.45, 7) is 4.65. The minimum absolute atomic E-state index is 0.399. The molecule has 0 aliphatic carbocycles. The normalized spacial score (nSPS) is 10.3. The second kappa shape index (κ2) is 6.09. The highest BCUT2D eigenvalue weighted by Gasteiger charge is 2.08. The van der Waals surface area contributed by atoms with Gasteiger partial charge in [-0.25, -0.2) is 0 Å². The summed E-state index contributed by atoms with van der Waals surface area (Å²) in [5.41, 5.74) is 10.1. The van der Waals surface area contributed by atoms with E-state index in [4.69, 9.17) is 5.73 Å². The van der Waals surface area contributed by atoms with Gasteiger partial charge in [-0.3, -0.25) is 4.79 Å². The summed E-state index contributed by atoms with van der Waals surface area (Å²) in [7, 11) is 0. The third-order valence-electron chi connectivity index (χ3n) is 3.32. The summed E-state index contributed by atoms with van der Waals surface area (Å²) in [5.74, 6) is -0.399. The molecule has 4 heteroatoms. The number of carbonyl (C=O) groups excluding carboxylic acids is 1. The summed E-state index contributed by atoms with van der Waals surface area (Å²) in [6.07, 6.45) is 0. The van der Waals surface area contributed by atoms with Gasteiger partial charge in [-0.15, -0.1) is 0 Å². The SMILES string of the molecule is Cc1ccc(CNc2cccc(C(N)=O)c2C)cc1Br. The van der Waals surface area contributed by atoms with Crippen molar-refractivity contribution in [2.45, 2.75) is 20.4 Å². The van der Waals surface area contributed by atoms with Crippen molar-refractivity contribution in [3.05, 3.63) is 63.1 Å². The van der Waals surface area contributed by atoms with Gasteiger partial charge in [0, 0.05) is 22.3 Å². The molecule has 2 aromatic carbocycles. The van der Waals surface area contributed by atoms with E-state index in [-0.39, 0.29) is 0 Å². The van der Waals surface area contributed by atoms with Crippen LogP contribution in [0, 0.1) is 13.8 Å². The zero-order chi connectivity index (χ0) is 14.7. The molecule has 0 radical (unpaired) electrons. The summed E-state index contributed by atoms with van der Waals surface area (Å²) in [6, 6.07) is 11.8. The average Bonchev–Trinajstić information content (AvgIpc) is 2.41. The molecule has 0 aromatic heterocycles. The van der Waals surface area contributed by atoms with E-state index >= 15 is 0 Å². The molecule has 0 saturated heterocycles. The largest absolute Gasteiger partial charge is 0.381 e. The molecule has 3 nitrogen and oxygen atoms in total. The van der Waals surface area contributed by atoms with Crippen molar-refractivity contribution in [3.8, 4) is 0 Å². The van der Waals surface area contributed by atoms with Crippen LogP contribution in [0.3, 0.4) is 0 Å². The lowest BCUT2D eigenvalue weighted by Gasteiger charge is -2.12. The minimum atomic E-state index is -0.399. The van der Waals surface area contributed by atoms with E-state index in [0.717, 1.165) is 15.7 Å². The van der Waals surface area contributed by atoms with Crippen molar-refractivity contribution in [1.29, 1.82) is 0 Å². The van der Waals surface area contributed by atoms with Gasteiger partial charge in [0.2, 0.25) is 5.91 Å². The van der Waals surface area contributed by atoms with Crippen molar-refractivity contribution < 1.29 is 4.79 Å². The molecule has 0 aliphatic heterocycles. The molecule has 1 amide bonds. The first kappa shape index (κ1) is 14.6. The number of amides is 1. The van der Waals surface area contributed by atoms with Crippen LogP contribution in [0.4, 0.5) is 5.69 Å². The number of hydrogen-bond donors (Lipinski definition) is 2. The number of primary amides is 1. The topological polar surface area (TPSA) is 55.1 Å². The Bertz CT molecular complexity index is 653. The maximum atomic E-state index is 11.3. The molecule has 0 saturated carbocycles. The van der Waals surface area contributed by atoms with Crippen molar-refractivity contribution >= 4 is 27.5 Å². The lowest BCUT2D eigenvalue weighted by Crippen LogP contribution is -2.13. The van der Waals surface area contributed by atoms with Crippen LogP contribution in [-0.2, 0) is 6.54 Å². The van der Waals surface area contributed by atoms with Gasteiger partial charge in [0.25, 0.3) is 0 Å². The number of nitrogens with two attached hydrogens (primary N) is 1. The Kier molecular flexibility index (Phi) is 4.45. The Hall–Kier alpha value is -1.81. The predicted octanol–water partition coefficient (Wildman–Crippen LogP) is 3.78. The van der Waals surface area contributed by atoms with Gasteiger partial charge in [-0.2, -0.15) is 0 Å². The molecule has 2 rings (SSSR count). The monoisotopic (exact) mass is 332 g/mol. The number of benzene rings is 2. The molecule has 0 atom stereocenters. The molecule has 0 aliphatic rings. The number of carbonyl (C=O) groups is 1. The molecule has 3 N–H and O–H groups in total. The van der Waals surface area contributed by atoms with E-state index in [1.54, 1.807) is 6.07 Å². The smallest absolute Gasteiger partial charge is 0.249 e. The standard InChI is InChI=1S/C16H17BrN2O/c1-10-6-7-12(8-14(10)17)9-19-15-5-3-4-13(11(15)2)16(18)20/h3-8,19H,9H2,1-2H3,(H2,18,20). The molecule has 0 bridgehead atoms. The molecular weight excluding hydrogens is 316 g/mol. The second-order valence-corrected chi connectivity index (χ2v) is 5.63. The Labute approximate surface area is 127 Å². The summed E-state index contributed by atoms with van der Waals surface area (Å²) in [5, 5.41) is 3.34. The van der Waals surface area contributed by atoms with E-state index in [9.17, 15) is 4.79 Å². The van der Waals surface area contributed by atoms with Crippen LogP contribution >= 0.6 is 15.9 Å². The second-order valence-electron chi connectivity index (χ2n) is 4.78. The quantitative estimate of drug-likeness (QED) is 0.895. The number of hydrogen-bond acceptors (Lipinski definition) is 2. The highest BCUT2D eigenvalue weighted by molar-refractivity contribution is 9.10. The van der Waals surface area contributed by atoms with Gasteiger partial charge in [-0.05, 0) is 48.7 Å². The zero-order valence-electron chi connectivity index (χ0n) is 11.5. The van der Waals surface area contributed by atoms with Crippen LogP contribution in [-0.4, -0.2) is 5.91 Å². The Morgan fingerprint density at radius 2 is 2.00 bits per heavy atom. The summed E-state index contributed by atoms with van der Waals surface area (Å²) < 4.78 is 1.10. The maximum absolute atomic E-state index is 11.3. The van der Waals surface area contributed by atoms with Crippen molar-refractivity contribution in [1.82, 2.24) is 0 Å². The first-order valence-electron chi connectivity index (χ1n) is 6.37. The third kappa shape index (κ3) is 3.20. The molecule has 20 heavy (non-hydrogen) atoms. The molecular formula is C16H17BrN2O. The molecule has 0 fully saturated rings. The molecule has 0 spiro atoms. The fourth-order valence-electron chi connectivity index (χ4n) is 2.04. The van der Waals surface area contributed by atoms with Gasteiger partial charge in [-0.1, -0.05) is 34.1 Å². The van der Waals surface area contributed by atoms with Crippen LogP contribution in [0.25, 0.3) is 0 Å². The Balaban J connectivity index is 2.17. The highest BCUT2D eigenvalue weighted by Crippen LogP contribution is 2.21. The number of anilines is 1. The van der Waals surface area contributed by atoms with Gasteiger partial charge in [0.05, 0.1) is 0 Å². The lowest BCUT2D eigenvalue weighted by atomic mass is 10.1. The van der Waals surface area contributed by atoms with Crippen LogP contribution < -0.4 is 11.1 Å². The van der Waals surface area contributed by atoms with Gasteiger partial charge in [0.1, 0.15) is 0 Å². The van der Waals surface area contributed by atoms with Crippen molar-refractivity contribution in [2.24, 2.45) is 5.73 Å². The predicted molar refractivity (Wildman–Crippen MR) is 85.9 cm³/mol. The van der Waals surface area contributed by atoms with Crippen molar-refractivity contribution in [2.75, 3.05) is 5.32 Å². The molecule has 104 valence electrons. The fourth-order valence-corrected chi connectivity index (χ4v) is 2.46. The van der Waals surface area contributed by atoms with Crippen LogP contribution in [0.15, 0.2) is 40.9 Å². The highest BCUT2D eigenvalue weighted by atomic mass is 79.9.